The molecule has 1 saturated heterocycles. The first-order valence-corrected chi connectivity index (χ1v) is 10.8. The highest BCUT2D eigenvalue weighted by molar-refractivity contribution is 5.62. The maximum Gasteiger partial charge on any atom is 0.223 e. The van der Waals surface area contributed by atoms with Gasteiger partial charge < -0.3 is 15.8 Å². The highest BCUT2D eigenvalue weighted by atomic mass is 16.5. The molecular formula is C21H30N6O. The highest BCUT2D eigenvalue weighted by Crippen LogP contribution is 2.37. The van der Waals surface area contributed by atoms with Crippen molar-refractivity contribution in [2.75, 3.05) is 18.5 Å². The number of ether oxygens (including phenoxy) is 1. The van der Waals surface area contributed by atoms with Gasteiger partial charge in [0, 0.05) is 36.1 Å². The van der Waals surface area contributed by atoms with E-state index in [4.69, 9.17) is 20.6 Å². The van der Waals surface area contributed by atoms with Gasteiger partial charge in [0.2, 0.25) is 5.95 Å². The molecule has 0 amide bonds. The van der Waals surface area contributed by atoms with E-state index < -0.39 is 0 Å². The van der Waals surface area contributed by atoms with E-state index in [0.29, 0.717) is 24.1 Å². The van der Waals surface area contributed by atoms with E-state index in [2.05, 4.69) is 15.0 Å². The van der Waals surface area contributed by atoms with Crippen LogP contribution in [-0.2, 0) is 11.2 Å². The SMILES string of the molecule is NC1CCC(Nc2nccc(-c3cnn([C@H]4CCOC4)c3CC3CC3)n2)CC1. The van der Waals surface area contributed by atoms with Gasteiger partial charge in [0.25, 0.3) is 0 Å². The summed E-state index contributed by atoms with van der Waals surface area (Å²) in [5.41, 5.74) is 9.45. The Balaban J connectivity index is 1.39. The van der Waals surface area contributed by atoms with Crippen molar-refractivity contribution in [3.63, 3.8) is 0 Å². The summed E-state index contributed by atoms with van der Waals surface area (Å²) in [6, 6.07) is 3.12. The molecule has 2 saturated carbocycles. The topological polar surface area (TPSA) is 90.9 Å². The first kappa shape index (κ1) is 18.1. The van der Waals surface area contributed by atoms with Gasteiger partial charge in [-0.15, -0.1) is 0 Å². The number of nitrogens with zero attached hydrogens (tertiary/aromatic N) is 4. The lowest BCUT2D eigenvalue weighted by Gasteiger charge is -2.26. The summed E-state index contributed by atoms with van der Waals surface area (Å²) in [6.45, 7) is 1.59. The third-order valence-electron chi connectivity index (χ3n) is 6.37. The van der Waals surface area contributed by atoms with Crippen molar-refractivity contribution in [3.8, 4) is 11.3 Å². The average molecular weight is 383 g/mol. The molecule has 0 radical (unpaired) electrons. The van der Waals surface area contributed by atoms with Crippen molar-refractivity contribution in [2.45, 2.75) is 69.5 Å². The predicted molar refractivity (Wildman–Crippen MR) is 108 cm³/mol. The second kappa shape index (κ2) is 7.79. The smallest absolute Gasteiger partial charge is 0.223 e. The highest BCUT2D eigenvalue weighted by Gasteiger charge is 2.29. The van der Waals surface area contributed by atoms with Gasteiger partial charge >= 0.3 is 0 Å². The van der Waals surface area contributed by atoms with Crippen LogP contribution in [0, 0.1) is 5.92 Å². The molecule has 2 aliphatic carbocycles. The summed E-state index contributed by atoms with van der Waals surface area (Å²) in [6.07, 6.45) is 12.9. The molecule has 2 aromatic rings. The summed E-state index contributed by atoms with van der Waals surface area (Å²) in [4.78, 5) is 9.31. The van der Waals surface area contributed by atoms with Crippen molar-refractivity contribution < 1.29 is 4.74 Å². The molecule has 3 heterocycles. The van der Waals surface area contributed by atoms with Crippen molar-refractivity contribution in [1.29, 1.82) is 0 Å². The van der Waals surface area contributed by atoms with Gasteiger partial charge in [-0.3, -0.25) is 4.68 Å². The molecule has 2 aromatic heterocycles. The van der Waals surface area contributed by atoms with Crippen LogP contribution >= 0.6 is 0 Å². The molecule has 150 valence electrons. The van der Waals surface area contributed by atoms with Crippen LogP contribution in [0.2, 0.25) is 0 Å². The molecule has 7 heteroatoms. The molecule has 3 aliphatic rings. The molecule has 3 fully saturated rings. The zero-order chi connectivity index (χ0) is 18.9. The summed E-state index contributed by atoms with van der Waals surface area (Å²) in [5, 5.41) is 8.27. The Morgan fingerprint density at radius 2 is 2.00 bits per heavy atom. The van der Waals surface area contributed by atoms with Gasteiger partial charge in [-0.05, 0) is 63.4 Å². The number of nitrogens with two attached hydrogens (primary N) is 1. The lowest BCUT2D eigenvalue weighted by atomic mass is 9.92. The molecule has 28 heavy (non-hydrogen) atoms. The van der Waals surface area contributed by atoms with Gasteiger partial charge in [0.05, 0.1) is 24.5 Å². The Labute approximate surface area is 166 Å². The van der Waals surface area contributed by atoms with E-state index >= 15 is 0 Å². The Hall–Kier alpha value is -1.99. The molecule has 0 unspecified atom stereocenters. The molecule has 5 rings (SSSR count). The summed E-state index contributed by atoms with van der Waals surface area (Å²) < 4.78 is 7.81. The fraction of sp³-hybridized carbons (Fsp3) is 0.667. The second-order valence-electron chi connectivity index (χ2n) is 8.64. The molecular weight excluding hydrogens is 352 g/mol. The summed E-state index contributed by atoms with van der Waals surface area (Å²) in [7, 11) is 0. The van der Waals surface area contributed by atoms with Crippen molar-refractivity contribution >= 4 is 5.95 Å². The standard InChI is InChI=1S/C21H30N6O/c22-15-3-5-16(6-4-15)25-21-23-9-7-19(26-21)18-12-24-27(17-8-10-28-13-17)20(18)11-14-1-2-14/h7,9,12,14-17H,1-6,8,10-11,13,22H2,(H,23,25,26)/t15?,16?,17-/m0/s1. The van der Waals surface area contributed by atoms with Gasteiger partial charge in [0.15, 0.2) is 0 Å². The third kappa shape index (κ3) is 3.91. The van der Waals surface area contributed by atoms with E-state index in [1.165, 1.54) is 18.5 Å². The number of anilines is 1. The Bertz CT molecular complexity index is 803. The van der Waals surface area contributed by atoms with E-state index in [-0.39, 0.29) is 0 Å². The van der Waals surface area contributed by atoms with Crippen LogP contribution in [0.4, 0.5) is 5.95 Å². The van der Waals surface area contributed by atoms with Crippen LogP contribution < -0.4 is 11.1 Å². The number of hydrogen-bond acceptors (Lipinski definition) is 6. The molecule has 3 N–H and O–H groups in total. The Morgan fingerprint density at radius 1 is 1.14 bits per heavy atom. The minimum atomic E-state index is 0.348. The van der Waals surface area contributed by atoms with E-state index in [0.717, 1.165) is 68.9 Å². The Morgan fingerprint density at radius 3 is 2.75 bits per heavy atom. The monoisotopic (exact) mass is 382 g/mol. The predicted octanol–water partition coefficient (Wildman–Crippen LogP) is 2.94. The van der Waals surface area contributed by atoms with Crippen LogP contribution in [0.3, 0.4) is 0 Å². The van der Waals surface area contributed by atoms with Crippen LogP contribution in [0.1, 0.15) is 56.7 Å². The average Bonchev–Trinajstić information content (AvgIpc) is 3.18. The Kier molecular flexibility index (Phi) is 5.03. The van der Waals surface area contributed by atoms with Gasteiger partial charge in [-0.25, -0.2) is 9.97 Å². The fourth-order valence-electron chi connectivity index (χ4n) is 4.45. The minimum absolute atomic E-state index is 0.348. The van der Waals surface area contributed by atoms with Crippen LogP contribution in [0.15, 0.2) is 18.5 Å². The molecule has 0 bridgehead atoms. The van der Waals surface area contributed by atoms with E-state index in [1.54, 1.807) is 0 Å². The van der Waals surface area contributed by atoms with Crippen LogP contribution in [0.25, 0.3) is 11.3 Å². The molecule has 7 nitrogen and oxygen atoms in total. The maximum absolute atomic E-state index is 6.03. The van der Waals surface area contributed by atoms with E-state index in [1.807, 2.05) is 18.5 Å². The molecule has 0 aromatic carbocycles. The molecule has 0 spiro atoms. The zero-order valence-corrected chi connectivity index (χ0v) is 16.4. The first-order valence-electron chi connectivity index (χ1n) is 10.8. The molecule has 1 aliphatic heterocycles. The summed E-state index contributed by atoms with van der Waals surface area (Å²) >= 11 is 0. The molecule has 1 atom stereocenters. The zero-order valence-electron chi connectivity index (χ0n) is 16.4. The van der Waals surface area contributed by atoms with Gasteiger partial charge in [0.1, 0.15) is 0 Å². The van der Waals surface area contributed by atoms with Gasteiger partial charge in [-0.1, -0.05) is 0 Å². The number of rotatable bonds is 6. The minimum Gasteiger partial charge on any atom is -0.379 e. The third-order valence-corrected chi connectivity index (χ3v) is 6.37. The van der Waals surface area contributed by atoms with Crippen molar-refractivity contribution in [3.05, 3.63) is 24.2 Å². The number of hydrogen-bond donors (Lipinski definition) is 2. The first-order chi connectivity index (χ1) is 13.8. The fourth-order valence-corrected chi connectivity index (χ4v) is 4.45. The summed E-state index contributed by atoms with van der Waals surface area (Å²) in [5.74, 6) is 1.51. The van der Waals surface area contributed by atoms with E-state index in [9.17, 15) is 0 Å². The quantitative estimate of drug-likeness (QED) is 0.798. The number of aromatic nitrogens is 4. The van der Waals surface area contributed by atoms with Crippen LogP contribution in [0.5, 0.6) is 0 Å². The van der Waals surface area contributed by atoms with Crippen molar-refractivity contribution in [1.82, 2.24) is 19.7 Å². The second-order valence-corrected chi connectivity index (χ2v) is 8.64. The lowest BCUT2D eigenvalue weighted by Crippen LogP contribution is -2.33. The largest absolute Gasteiger partial charge is 0.379 e. The van der Waals surface area contributed by atoms with Gasteiger partial charge in [-0.2, -0.15) is 5.10 Å². The number of nitrogens with one attached hydrogen (secondary N) is 1. The lowest BCUT2D eigenvalue weighted by molar-refractivity contribution is 0.184. The van der Waals surface area contributed by atoms with Crippen molar-refractivity contribution in [2.24, 2.45) is 11.7 Å². The normalized spacial score (nSPS) is 27.8. The maximum atomic E-state index is 6.03. The van der Waals surface area contributed by atoms with Crippen LogP contribution in [-0.4, -0.2) is 45.0 Å².